The first-order valence-electron chi connectivity index (χ1n) is 13.5. The highest BCUT2D eigenvalue weighted by molar-refractivity contribution is 5.95. The van der Waals surface area contributed by atoms with Gasteiger partial charge in [-0.2, -0.15) is 0 Å². The van der Waals surface area contributed by atoms with Gasteiger partial charge in [0.25, 0.3) is 5.91 Å². The summed E-state index contributed by atoms with van der Waals surface area (Å²) < 4.78 is 6.01. The number of carbonyl (C=O) groups is 1. The van der Waals surface area contributed by atoms with Crippen molar-refractivity contribution in [2.24, 2.45) is 5.73 Å². The molecule has 0 radical (unpaired) electrons. The summed E-state index contributed by atoms with van der Waals surface area (Å²) >= 11 is 0. The first kappa shape index (κ1) is 24.5. The van der Waals surface area contributed by atoms with Gasteiger partial charge in [-0.3, -0.25) is 9.69 Å². The summed E-state index contributed by atoms with van der Waals surface area (Å²) in [6, 6.07) is 24.2. The van der Waals surface area contributed by atoms with Crippen LogP contribution in [0.1, 0.15) is 78.9 Å². The molecule has 3 aromatic rings. The van der Waals surface area contributed by atoms with Crippen molar-refractivity contribution < 1.29 is 9.53 Å². The molecule has 0 bridgehead atoms. The Morgan fingerprint density at radius 1 is 0.889 bits per heavy atom. The van der Waals surface area contributed by atoms with Gasteiger partial charge in [0.2, 0.25) is 5.88 Å². The molecular formula is C31H37N3O2. The predicted molar refractivity (Wildman–Crippen MR) is 143 cm³/mol. The average molecular weight is 484 g/mol. The number of likely N-dealkylation sites (tertiary alicyclic amines) is 1. The van der Waals surface area contributed by atoms with E-state index in [4.69, 9.17) is 15.5 Å². The van der Waals surface area contributed by atoms with Crippen molar-refractivity contribution in [2.45, 2.75) is 69.2 Å². The SMILES string of the molecule is NC(=O)c1ccc(C2CCC(Cc3ccccc3)(N3CCCCCC3)CC2)nc1Oc1ccccc1. The number of hydrogen-bond acceptors (Lipinski definition) is 4. The van der Waals surface area contributed by atoms with Crippen molar-refractivity contribution in [3.8, 4) is 11.6 Å². The summed E-state index contributed by atoms with van der Waals surface area (Å²) in [6.45, 7) is 2.41. The zero-order valence-corrected chi connectivity index (χ0v) is 21.1. The number of benzene rings is 2. The number of carbonyl (C=O) groups excluding carboxylic acids is 1. The average Bonchev–Trinajstić information content (AvgIpc) is 3.21. The van der Waals surface area contributed by atoms with Gasteiger partial charge in [0, 0.05) is 17.2 Å². The molecule has 2 N–H and O–H groups in total. The predicted octanol–water partition coefficient (Wildman–Crippen LogP) is 6.49. The summed E-state index contributed by atoms with van der Waals surface area (Å²) in [4.78, 5) is 19.7. The maximum absolute atomic E-state index is 12.1. The summed E-state index contributed by atoms with van der Waals surface area (Å²) in [5, 5.41) is 0. The van der Waals surface area contributed by atoms with Gasteiger partial charge < -0.3 is 10.5 Å². The molecule has 1 amide bonds. The van der Waals surface area contributed by atoms with E-state index in [2.05, 4.69) is 35.2 Å². The standard InChI is InChI=1S/C31H37N3O2/c32-29(35)27-15-16-28(33-30(27)36-26-13-7-4-8-14-26)25-17-19-31(20-18-25,23-24-11-5-3-6-12-24)34-21-9-1-2-10-22-34/h3-8,11-16,25H,1-2,9-10,17-23H2,(H2,32,35). The molecular weight excluding hydrogens is 446 g/mol. The fraction of sp³-hybridized carbons (Fsp3) is 0.419. The van der Waals surface area contributed by atoms with Gasteiger partial charge in [0.1, 0.15) is 11.3 Å². The molecule has 2 heterocycles. The van der Waals surface area contributed by atoms with Crippen LogP contribution >= 0.6 is 0 Å². The zero-order valence-electron chi connectivity index (χ0n) is 21.1. The summed E-state index contributed by atoms with van der Waals surface area (Å²) in [5.41, 5.74) is 8.59. The molecule has 2 aliphatic rings. The number of nitrogens with two attached hydrogens (primary N) is 1. The molecule has 1 saturated heterocycles. The molecule has 0 spiro atoms. The van der Waals surface area contributed by atoms with Crippen LogP contribution in [0.25, 0.3) is 0 Å². The van der Waals surface area contributed by atoms with Gasteiger partial charge in [-0.25, -0.2) is 4.98 Å². The third-order valence-electron chi connectivity index (χ3n) is 8.09. The lowest BCUT2D eigenvalue weighted by Crippen LogP contribution is -2.52. The van der Waals surface area contributed by atoms with Crippen molar-refractivity contribution in [1.82, 2.24) is 9.88 Å². The highest BCUT2D eigenvalue weighted by atomic mass is 16.5. The van der Waals surface area contributed by atoms with E-state index in [1.807, 2.05) is 36.4 Å². The minimum atomic E-state index is -0.522. The van der Waals surface area contributed by atoms with Crippen LogP contribution in [0.4, 0.5) is 0 Å². The maximum Gasteiger partial charge on any atom is 0.254 e. The lowest BCUT2D eigenvalue weighted by Gasteiger charge is -2.48. The number of amides is 1. The molecule has 1 aliphatic heterocycles. The van der Waals surface area contributed by atoms with E-state index in [1.54, 1.807) is 6.07 Å². The van der Waals surface area contributed by atoms with E-state index in [0.717, 1.165) is 37.8 Å². The second kappa shape index (κ2) is 11.3. The van der Waals surface area contributed by atoms with Crippen LogP contribution in [0.5, 0.6) is 11.6 Å². The van der Waals surface area contributed by atoms with Crippen LogP contribution in [0, 0.1) is 0 Å². The van der Waals surface area contributed by atoms with Crippen LogP contribution in [0.15, 0.2) is 72.8 Å². The molecule has 1 aliphatic carbocycles. The first-order chi connectivity index (χ1) is 17.6. The highest BCUT2D eigenvalue weighted by Crippen LogP contribution is 2.44. The fourth-order valence-electron chi connectivity index (χ4n) is 6.12. The maximum atomic E-state index is 12.1. The lowest BCUT2D eigenvalue weighted by molar-refractivity contribution is 0.0469. The number of pyridine rings is 1. The molecule has 36 heavy (non-hydrogen) atoms. The molecule has 188 valence electrons. The molecule has 5 heteroatoms. The van der Waals surface area contributed by atoms with Gasteiger partial charge in [0.15, 0.2) is 0 Å². The first-order valence-corrected chi connectivity index (χ1v) is 13.5. The second-order valence-corrected chi connectivity index (χ2v) is 10.4. The molecule has 0 atom stereocenters. The van der Waals surface area contributed by atoms with Crippen LogP contribution in [0.2, 0.25) is 0 Å². The summed E-state index contributed by atoms with van der Waals surface area (Å²) in [7, 11) is 0. The third kappa shape index (κ3) is 5.62. The Bertz CT molecular complexity index is 1130. The number of aromatic nitrogens is 1. The van der Waals surface area contributed by atoms with Gasteiger partial charge in [-0.05, 0) is 87.9 Å². The molecule has 1 saturated carbocycles. The Kier molecular flexibility index (Phi) is 7.66. The van der Waals surface area contributed by atoms with E-state index >= 15 is 0 Å². The van der Waals surface area contributed by atoms with Crippen molar-refractivity contribution in [3.05, 3.63) is 89.6 Å². The van der Waals surface area contributed by atoms with E-state index in [9.17, 15) is 4.79 Å². The topological polar surface area (TPSA) is 68.5 Å². The Morgan fingerprint density at radius 3 is 2.17 bits per heavy atom. The number of nitrogens with zero attached hydrogens (tertiary/aromatic N) is 2. The fourth-order valence-corrected chi connectivity index (χ4v) is 6.12. The third-order valence-corrected chi connectivity index (χ3v) is 8.09. The quantitative estimate of drug-likeness (QED) is 0.417. The number of rotatable bonds is 7. The second-order valence-electron chi connectivity index (χ2n) is 10.4. The molecule has 5 rings (SSSR count). The van der Waals surface area contributed by atoms with Crippen LogP contribution < -0.4 is 10.5 Å². The van der Waals surface area contributed by atoms with Crippen LogP contribution in [-0.4, -0.2) is 34.4 Å². The van der Waals surface area contributed by atoms with E-state index < -0.39 is 5.91 Å². The zero-order chi connectivity index (χ0) is 24.8. The van der Waals surface area contributed by atoms with Crippen molar-refractivity contribution in [3.63, 3.8) is 0 Å². The van der Waals surface area contributed by atoms with Crippen LogP contribution in [-0.2, 0) is 6.42 Å². The minimum absolute atomic E-state index is 0.207. The van der Waals surface area contributed by atoms with Gasteiger partial charge >= 0.3 is 0 Å². The van der Waals surface area contributed by atoms with Crippen LogP contribution in [0.3, 0.4) is 0 Å². The number of ether oxygens (including phenoxy) is 1. The lowest BCUT2D eigenvalue weighted by atomic mass is 9.71. The minimum Gasteiger partial charge on any atom is -0.438 e. The molecule has 2 aromatic carbocycles. The Balaban J connectivity index is 1.37. The monoisotopic (exact) mass is 483 g/mol. The van der Waals surface area contributed by atoms with E-state index in [0.29, 0.717) is 23.1 Å². The highest BCUT2D eigenvalue weighted by Gasteiger charge is 2.41. The van der Waals surface area contributed by atoms with E-state index in [1.165, 1.54) is 44.3 Å². The largest absolute Gasteiger partial charge is 0.438 e. The molecule has 1 aromatic heterocycles. The smallest absolute Gasteiger partial charge is 0.254 e. The Labute approximate surface area is 214 Å². The Morgan fingerprint density at radius 2 is 1.53 bits per heavy atom. The Hall–Kier alpha value is -3.18. The van der Waals surface area contributed by atoms with Crippen molar-refractivity contribution in [2.75, 3.05) is 13.1 Å². The summed E-state index contributed by atoms with van der Waals surface area (Å²) in [5.74, 6) is 0.781. The van der Waals surface area contributed by atoms with Crippen molar-refractivity contribution >= 4 is 5.91 Å². The molecule has 2 fully saturated rings. The summed E-state index contributed by atoms with van der Waals surface area (Å²) in [6.07, 6.45) is 10.9. The number of hydrogen-bond donors (Lipinski definition) is 1. The van der Waals surface area contributed by atoms with Gasteiger partial charge in [-0.15, -0.1) is 0 Å². The van der Waals surface area contributed by atoms with E-state index in [-0.39, 0.29) is 5.54 Å². The normalized spacial score (nSPS) is 23.1. The van der Waals surface area contributed by atoms with Crippen molar-refractivity contribution in [1.29, 1.82) is 0 Å². The number of primary amides is 1. The molecule has 0 unspecified atom stereocenters. The molecule has 5 nitrogen and oxygen atoms in total. The van der Waals surface area contributed by atoms with Gasteiger partial charge in [-0.1, -0.05) is 61.4 Å². The number of para-hydroxylation sites is 1. The van der Waals surface area contributed by atoms with Gasteiger partial charge in [0.05, 0.1) is 0 Å².